The van der Waals surface area contributed by atoms with Gasteiger partial charge < -0.3 is 14.2 Å². The Balaban J connectivity index is 1.37. The smallest absolute Gasteiger partial charge is 0.343 e. The molecule has 0 aliphatic heterocycles. The molecule has 2 unspecified atom stereocenters. The summed E-state index contributed by atoms with van der Waals surface area (Å²) in [6.45, 7) is 5.04. The van der Waals surface area contributed by atoms with E-state index in [1.54, 1.807) is 12.1 Å². The van der Waals surface area contributed by atoms with Crippen molar-refractivity contribution in [3.63, 3.8) is 0 Å². The van der Waals surface area contributed by atoms with E-state index in [1.807, 2.05) is 30.3 Å². The van der Waals surface area contributed by atoms with E-state index in [2.05, 4.69) is 13.0 Å². The number of ether oxygens (including phenoxy) is 3. The predicted molar refractivity (Wildman–Crippen MR) is 129 cm³/mol. The second kappa shape index (κ2) is 9.14. The van der Waals surface area contributed by atoms with Crippen LogP contribution in [0.5, 0.6) is 5.75 Å². The summed E-state index contributed by atoms with van der Waals surface area (Å²) in [5.74, 6) is 0.676. The maximum absolute atomic E-state index is 12.5. The second-order valence-electron chi connectivity index (χ2n) is 10.5. The molecule has 0 radical (unpaired) electrons. The van der Waals surface area contributed by atoms with Gasteiger partial charge in [-0.15, -0.1) is 0 Å². The van der Waals surface area contributed by atoms with Crippen molar-refractivity contribution in [3.8, 4) is 5.75 Å². The van der Waals surface area contributed by atoms with Crippen LogP contribution in [-0.2, 0) is 25.5 Å². The molecule has 2 aromatic rings. The summed E-state index contributed by atoms with van der Waals surface area (Å²) < 4.78 is 17.1. The lowest BCUT2D eigenvalue weighted by molar-refractivity contribution is -0.171. The molecule has 0 saturated heterocycles. The van der Waals surface area contributed by atoms with Crippen molar-refractivity contribution in [2.75, 3.05) is 0 Å². The second-order valence-corrected chi connectivity index (χ2v) is 10.5. The van der Waals surface area contributed by atoms with Crippen LogP contribution in [0.1, 0.15) is 73.9 Å². The predicted octanol–water partition coefficient (Wildman–Crippen LogP) is 5.24. The van der Waals surface area contributed by atoms with Crippen molar-refractivity contribution in [2.24, 2.45) is 17.3 Å². The maximum Gasteiger partial charge on any atom is 0.343 e. The first-order chi connectivity index (χ1) is 16.8. The van der Waals surface area contributed by atoms with E-state index in [1.165, 1.54) is 25.0 Å². The molecular formula is C29H32O6. The van der Waals surface area contributed by atoms with Gasteiger partial charge >= 0.3 is 17.9 Å². The third-order valence-electron chi connectivity index (χ3n) is 8.44. The number of hydrogen-bond acceptors (Lipinski definition) is 6. The zero-order chi connectivity index (χ0) is 24.7. The lowest BCUT2D eigenvalue weighted by Crippen LogP contribution is -2.46. The Kier molecular flexibility index (Phi) is 6.16. The van der Waals surface area contributed by atoms with Crippen LogP contribution in [0.25, 0.3) is 0 Å². The maximum atomic E-state index is 12.5. The summed E-state index contributed by atoms with van der Waals surface area (Å²) in [6.07, 6.45) is 3.71. The number of carbonyl (C=O) groups excluding carboxylic acids is 3. The molecule has 184 valence electrons. The van der Waals surface area contributed by atoms with Gasteiger partial charge in [0, 0.05) is 19.3 Å². The van der Waals surface area contributed by atoms with Gasteiger partial charge in [0.25, 0.3) is 0 Å². The Labute approximate surface area is 206 Å². The van der Waals surface area contributed by atoms with Crippen LogP contribution in [-0.4, -0.2) is 30.1 Å². The van der Waals surface area contributed by atoms with Gasteiger partial charge in [-0.3, -0.25) is 9.59 Å². The van der Waals surface area contributed by atoms with Crippen molar-refractivity contribution in [1.29, 1.82) is 0 Å². The molecule has 6 nitrogen and oxygen atoms in total. The molecule has 5 rings (SSSR count). The largest absolute Gasteiger partial charge is 0.459 e. The first-order valence-corrected chi connectivity index (χ1v) is 12.5. The van der Waals surface area contributed by atoms with Crippen molar-refractivity contribution < 1.29 is 28.6 Å². The molecule has 2 fully saturated rings. The summed E-state index contributed by atoms with van der Waals surface area (Å²) in [5.41, 5.74) is 2.88. The van der Waals surface area contributed by atoms with Crippen LogP contribution in [0, 0.1) is 17.3 Å². The minimum Gasteiger partial charge on any atom is -0.459 e. The summed E-state index contributed by atoms with van der Waals surface area (Å²) in [7, 11) is 0. The summed E-state index contributed by atoms with van der Waals surface area (Å²) in [6, 6.07) is 15.0. The SMILES string of the molecule is CC(=O)OC1C[C@H]2[C@@H]3CCc4cc(OC(=O)c5ccccc5)ccc4[C@H]3CC[C@]2(C)C1OC(C)=O. The Morgan fingerprint density at radius 3 is 2.40 bits per heavy atom. The molecule has 6 atom stereocenters. The van der Waals surface area contributed by atoms with Crippen molar-refractivity contribution in [1.82, 2.24) is 0 Å². The van der Waals surface area contributed by atoms with E-state index in [0.717, 1.165) is 32.1 Å². The van der Waals surface area contributed by atoms with E-state index in [-0.39, 0.29) is 23.3 Å². The summed E-state index contributed by atoms with van der Waals surface area (Å²) in [5, 5.41) is 0. The molecule has 0 heterocycles. The van der Waals surface area contributed by atoms with Crippen LogP contribution in [0.3, 0.4) is 0 Å². The molecule has 3 aliphatic carbocycles. The van der Waals surface area contributed by atoms with Gasteiger partial charge in [0.2, 0.25) is 0 Å². The van der Waals surface area contributed by atoms with Crippen molar-refractivity contribution in [2.45, 2.75) is 71.0 Å². The highest BCUT2D eigenvalue weighted by Gasteiger charge is 2.61. The first-order valence-electron chi connectivity index (χ1n) is 12.5. The molecular weight excluding hydrogens is 444 g/mol. The fraction of sp³-hybridized carbons (Fsp3) is 0.483. The number of hydrogen-bond donors (Lipinski definition) is 0. The zero-order valence-electron chi connectivity index (χ0n) is 20.5. The molecule has 3 aliphatic rings. The Morgan fingerprint density at radius 2 is 1.69 bits per heavy atom. The van der Waals surface area contributed by atoms with E-state index in [9.17, 15) is 14.4 Å². The molecule has 0 N–H and O–H groups in total. The summed E-state index contributed by atoms with van der Waals surface area (Å²) >= 11 is 0. The quantitative estimate of drug-likeness (QED) is 0.444. The molecule has 0 amide bonds. The van der Waals surface area contributed by atoms with Gasteiger partial charge in [0.05, 0.1) is 5.56 Å². The van der Waals surface area contributed by atoms with E-state index in [0.29, 0.717) is 29.1 Å². The van der Waals surface area contributed by atoms with E-state index in [4.69, 9.17) is 14.2 Å². The van der Waals surface area contributed by atoms with Crippen LogP contribution in [0.15, 0.2) is 48.5 Å². The minimum absolute atomic E-state index is 0.213. The Hall–Kier alpha value is -3.15. The number of aryl methyl sites for hydroxylation is 1. The molecule has 0 bridgehead atoms. The Morgan fingerprint density at radius 1 is 0.943 bits per heavy atom. The monoisotopic (exact) mass is 476 g/mol. The van der Waals surface area contributed by atoms with Gasteiger partial charge in [0.1, 0.15) is 18.0 Å². The van der Waals surface area contributed by atoms with Gasteiger partial charge in [-0.05, 0) is 85.3 Å². The molecule has 0 aromatic heterocycles. The lowest BCUT2D eigenvalue weighted by atomic mass is 9.55. The fourth-order valence-electron chi connectivity index (χ4n) is 7.02. The number of benzene rings is 2. The molecule has 2 saturated carbocycles. The van der Waals surface area contributed by atoms with Crippen LogP contribution < -0.4 is 4.74 Å². The van der Waals surface area contributed by atoms with Gasteiger partial charge in [-0.25, -0.2) is 4.79 Å². The summed E-state index contributed by atoms with van der Waals surface area (Å²) in [4.78, 5) is 36.2. The minimum atomic E-state index is -0.406. The van der Waals surface area contributed by atoms with Gasteiger partial charge in [0.15, 0.2) is 0 Å². The topological polar surface area (TPSA) is 78.9 Å². The Bertz CT molecular complexity index is 1140. The highest BCUT2D eigenvalue weighted by molar-refractivity contribution is 5.91. The van der Waals surface area contributed by atoms with Gasteiger partial charge in [-0.1, -0.05) is 31.2 Å². The van der Waals surface area contributed by atoms with Crippen LogP contribution >= 0.6 is 0 Å². The molecule has 35 heavy (non-hydrogen) atoms. The average Bonchev–Trinajstić information content (AvgIpc) is 3.09. The molecule has 2 aromatic carbocycles. The highest BCUT2D eigenvalue weighted by Crippen LogP contribution is 2.62. The number of fused-ring (bicyclic) bond motifs is 5. The van der Waals surface area contributed by atoms with Crippen LogP contribution in [0.2, 0.25) is 0 Å². The third kappa shape index (κ3) is 4.35. The van der Waals surface area contributed by atoms with E-state index >= 15 is 0 Å². The number of esters is 3. The third-order valence-corrected chi connectivity index (χ3v) is 8.44. The molecule has 0 spiro atoms. The number of rotatable bonds is 4. The fourth-order valence-corrected chi connectivity index (χ4v) is 7.02. The normalized spacial score (nSPS) is 30.9. The van der Waals surface area contributed by atoms with Crippen molar-refractivity contribution in [3.05, 3.63) is 65.2 Å². The standard InChI is InChI=1S/C29H32O6/c1-17(30)33-26-16-25-24-11-9-20-15-21(35-28(32)19-7-5-4-6-8-19)10-12-22(20)23(24)13-14-29(25,3)27(26)34-18(2)31/h4-8,10,12,15,23-27H,9,11,13-14,16H2,1-3H3/t23-,24-,25+,26?,27?,29+/m1/s1. The van der Waals surface area contributed by atoms with Crippen LogP contribution in [0.4, 0.5) is 0 Å². The number of carbonyl (C=O) groups is 3. The molecule has 6 heteroatoms. The average molecular weight is 477 g/mol. The van der Waals surface area contributed by atoms with E-state index < -0.39 is 12.2 Å². The lowest BCUT2D eigenvalue weighted by Gasteiger charge is -2.50. The van der Waals surface area contributed by atoms with Gasteiger partial charge in [-0.2, -0.15) is 0 Å². The zero-order valence-corrected chi connectivity index (χ0v) is 20.5. The highest BCUT2D eigenvalue weighted by atomic mass is 16.6. The first kappa shape index (κ1) is 23.6. The van der Waals surface area contributed by atoms with Crippen molar-refractivity contribution >= 4 is 17.9 Å².